The Morgan fingerprint density at radius 3 is 2.75 bits per heavy atom. The maximum Gasteiger partial charge on any atom is 0.226 e. The van der Waals surface area contributed by atoms with Crippen LogP contribution in [0.1, 0.15) is 40.0 Å². The lowest BCUT2D eigenvalue weighted by molar-refractivity contribution is -0.136. The Morgan fingerprint density at radius 2 is 2.25 bits per heavy atom. The van der Waals surface area contributed by atoms with Gasteiger partial charge in [-0.05, 0) is 32.2 Å². The summed E-state index contributed by atoms with van der Waals surface area (Å²) in [6.07, 6.45) is 3.34. The lowest BCUT2D eigenvalue weighted by atomic mass is 9.97. The molecule has 0 spiro atoms. The number of piperidine rings is 1. The zero-order valence-corrected chi connectivity index (χ0v) is 11.0. The average Bonchev–Trinajstić information content (AvgIpc) is 2.35. The third-order valence-corrected chi connectivity index (χ3v) is 3.57. The van der Waals surface area contributed by atoms with Crippen LogP contribution in [0.4, 0.5) is 0 Å². The molecular weight excluding hydrogens is 200 g/mol. The molecular formula is C13H26N2O. The van der Waals surface area contributed by atoms with Gasteiger partial charge in [-0.15, -0.1) is 0 Å². The van der Waals surface area contributed by atoms with Crippen molar-refractivity contribution in [3.63, 3.8) is 0 Å². The molecule has 3 nitrogen and oxygen atoms in total. The monoisotopic (exact) mass is 226 g/mol. The molecule has 1 rings (SSSR count). The number of amides is 1. The molecule has 94 valence electrons. The van der Waals surface area contributed by atoms with Gasteiger partial charge in [0.25, 0.3) is 0 Å². The third kappa shape index (κ3) is 3.78. The van der Waals surface area contributed by atoms with Crippen LogP contribution in [-0.4, -0.2) is 37.0 Å². The molecule has 1 fully saturated rings. The Labute approximate surface area is 99.6 Å². The van der Waals surface area contributed by atoms with E-state index in [1.807, 2.05) is 4.90 Å². The molecule has 1 saturated heterocycles. The van der Waals surface area contributed by atoms with Crippen molar-refractivity contribution in [1.82, 2.24) is 10.2 Å². The molecule has 0 radical (unpaired) electrons. The number of hydrogen-bond donors (Lipinski definition) is 1. The van der Waals surface area contributed by atoms with Gasteiger partial charge in [0, 0.05) is 19.6 Å². The number of rotatable bonds is 5. The van der Waals surface area contributed by atoms with Crippen LogP contribution < -0.4 is 5.32 Å². The van der Waals surface area contributed by atoms with Crippen LogP contribution >= 0.6 is 0 Å². The van der Waals surface area contributed by atoms with Gasteiger partial charge in [-0.2, -0.15) is 0 Å². The third-order valence-electron chi connectivity index (χ3n) is 3.57. The van der Waals surface area contributed by atoms with E-state index in [4.69, 9.17) is 0 Å². The maximum atomic E-state index is 12.3. The smallest absolute Gasteiger partial charge is 0.226 e. The lowest BCUT2D eigenvalue weighted by Crippen LogP contribution is -2.44. The van der Waals surface area contributed by atoms with Crippen LogP contribution in [0.2, 0.25) is 0 Å². The van der Waals surface area contributed by atoms with Crippen molar-refractivity contribution in [1.29, 1.82) is 0 Å². The van der Waals surface area contributed by atoms with Gasteiger partial charge in [0.1, 0.15) is 0 Å². The van der Waals surface area contributed by atoms with Gasteiger partial charge in [-0.3, -0.25) is 4.79 Å². The predicted octanol–water partition coefficient (Wildman–Crippen LogP) is 1.88. The van der Waals surface area contributed by atoms with Crippen LogP contribution in [0.5, 0.6) is 0 Å². The highest BCUT2D eigenvalue weighted by Crippen LogP contribution is 2.15. The second-order valence-corrected chi connectivity index (χ2v) is 4.93. The van der Waals surface area contributed by atoms with Crippen molar-refractivity contribution in [3.8, 4) is 0 Å². The van der Waals surface area contributed by atoms with Crippen molar-refractivity contribution in [2.24, 2.45) is 11.8 Å². The zero-order chi connectivity index (χ0) is 12.0. The number of nitrogens with one attached hydrogen (secondary N) is 1. The molecule has 1 amide bonds. The fraction of sp³-hybridized carbons (Fsp3) is 0.923. The highest BCUT2D eigenvalue weighted by molar-refractivity contribution is 5.79. The topological polar surface area (TPSA) is 32.3 Å². The molecule has 0 aromatic heterocycles. The minimum atomic E-state index is 0.220. The summed E-state index contributed by atoms with van der Waals surface area (Å²) in [6, 6.07) is 0. The van der Waals surface area contributed by atoms with Crippen molar-refractivity contribution in [2.75, 3.05) is 26.2 Å². The van der Waals surface area contributed by atoms with Gasteiger partial charge < -0.3 is 10.2 Å². The summed E-state index contributed by atoms with van der Waals surface area (Å²) in [5.41, 5.74) is 0. The molecule has 0 saturated carbocycles. The number of nitrogens with zero attached hydrogens (tertiary/aromatic N) is 1. The SMILES string of the molecule is CCC(C)CN(CC)C(=O)[C@H]1CCCNC1. The van der Waals surface area contributed by atoms with E-state index in [-0.39, 0.29) is 5.92 Å². The Kier molecular flexibility index (Phi) is 5.81. The minimum absolute atomic E-state index is 0.220. The van der Waals surface area contributed by atoms with E-state index >= 15 is 0 Å². The Morgan fingerprint density at radius 1 is 1.50 bits per heavy atom. The molecule has 16 heavy (non-hydrogen) atoms. The summed E-state index contributed by atoms with van der Waals surface area (Å²) in [4.78, 5) is 14.3. The number of carbonyl (C=O) groups excluding carboxylic acids is 1. The maximum absolute atomic E-state index is 12.3. The minimum Gasteiger partial charge on any atom is -0.342 e. The first kappa shape index (κ1) is 13.5. The van der Waals surface area contributed by atoms with Crippen molar-refractivity contribution in [3.05, 3.63) is 0 Å². The first-order chi connectivity index (χ1) is 7.69. The summed E-state index contributed by atoms with van der Waals surface area (Å²) in [5, 5.41) is 3.31. The van der Waals surface area contributed by atoms with Crippen LogP contribution in [0.3, 0.4) is 0 Å². The van der Waals surface area contributed by atoms with Crippen molar-refractivity contribution >= 4 is 5.91 Å². The van der Waals surface area contributed by atoms with Crippen LogP contribution in [-0.2, 0) is 4.79 Å². The van der Waals surface area contributed by atoms with Gasteiger partial charge in [-0.25, -0.2) is 0 Å². The highest BCUT2D eigenvalue weighted by atomic mass is 16.2. The first-order valence-electron chi connectivity index (χ1n) is 6.68. The lowest BCUT2D eigenvalue weighted by Gasteiger charge is -2.30. The second-order valence-electron chi connectivity index (χ2n) is 4.93. The molecule has 0 aliphatic carbocycles. The van der Waals surface area contributed by atoms with Gasteiger partial charge >= 0.3 is 0 Å². The standard InChI is InChI=1S/C13H26N2O/c1-4-11(3)10-15(5-2)13(16)12-7-6-8-14-9-12/h11-12,14H,4-10H2,1-3H3/t11?,12-/m0/s1. The average molecular weight is 226 g/mol. The number of carbonyl (C=O) groups is 1. The van der Waals surface area contributed by atoms with Crippen molar-refractivity contribution in [2.45, 2.75) is 40.0 Å². The molecule has 1 heterocycles. The van der Waals surface area contributed by atoms with E-state index in [1.165, 1.54) is 0 Å². The van der Waals surface area contributed by atoms with E-state index in [1.54, 1.807) is 0 Å². The van der Waals surface area contributed by atoms with Gasteiger partial charge in [0.15, 0.2) is 0 Å². The molecule has 1 N–H and O–H groups in total. The summed E-state index contributed by atoms with van der Waals surface area (Å²) < 4.78 is 0. The quantitative estimate of drug-likeness (QED) is 0.776. The molecule has 1 unspecified atom stereocenters. The summed E-state index contributed by atoms with van der Waals surface area (Å²) in [6.45, 7) is 10.2. The Balaban J connectivity index is 2.47. The normalized spacial score (nSPS) is 22.8. The van der Waals surface area contributed by atoms with Gasteiger partial charge in [0.2, 0.25) is 5.91 Å². The fourth-order valence-corrected chi connectivity index (χ4v) is 2.20. The largest absolute Gasteiger partial charge is 0.342 e. The summed E-state index contributed by atoms with van der Waals surface area (Å²) in [5.74, 6) is 1.19. The molecule has 1 aliphatic heterocycles. The van der Waals surface area contributed by atoms with Crippen LogP contribution in [0.25, 0.3) is 0 Å². The van der Waals surface area contributed by atoms with Gasteiger partial charge in [0.05, 0.1) is 5.92 Å². The number of hydrogen-bond acceptors (Lipinski definition) is 2. The van der Waals surface area contributed by atoms with E-state index < -0.39 is 0 Å². The first-order valence-corrected chi connectivity index (χ1v) is 6.68. The Bertz CT molecular complexity index is 212. The zero-order valence-electron chi connectivity index (χ0n) is 11.0. The van der Waals surface area contributed by atoms with E-state index in [0.29, 0.717) is 11.8 Å². The molecule has 0 bridgehead atoms. The van der Waals surface area contributed by atoms with E-state index in [0.717, 1.165) is 45.4 Å². The molecule has 0 aromatic rings. The summed E-state index contributed by atoms with van der Waals surface area (Å²) in [7, 11) is 0. The van der Waals surface area contributed by atoms with Crippen LogP contribution in [0, 0.1) is 11.8 Å². The highest BCUT2D eigenvalue weighted by Gasteiger charge is 2.25. The fourth-order valence-electron chi connectivity index (χ4n) is 2.20. The predicted molar refractivity (Wildman–Crippen MR) is 67.3 cm³/mol. The second kappa shape index (κ2) is 6.89. The van der Waals surface area contributed by atoms with Crippen LogP contribution in [0.15, 0.2) is 0 Å². The molecule has 0 aromatic carbocycles. The van der Waals surface area contributed by atoms with E-state index in [2.05, 4.69) is 26.1 Å². The Hall–Kier alpha value is -0.570. The molecule has 3 heteroatoms. The summed E-state index contributed by atoms with van der Waals surface area (Å²) >= 11 is 0. The van der Waals surface area contributed by atoms with Crippen molar-refractivity contribution < 1.29 is 4.79 Å². The molecule has 1 aliphatic rings. The molecule has 2 atom stereocenters. The van der Waals surface area contributed by atoms with Gasteiger partial charge in [-0.1, -0.05) is 20.3 Å². The van der Waals surface area contributed by atoms with E-state index in [9.17, 15) is 4.79 Å².